The van der Waals surface area contributed by atoms with Crippen molar-refractivity contribution >= 4 is 39.2 Å². The molecule has 0 aliphatic carbocycles. The maximum atomic E-state index is 13.3. The molecule has 7 nitrogen and oxygen atoms in total. The molecule has 0 unspecified atom stereocenters. The van der Waals surface area contributed by atoms with Crippen LogP contribution < -0.4 is 5.32 Å². The van der Waals surface area contributed by atoms with Crippen LogP contribution >= 0.6 is 11.3 Å². The summed E-state index contributed by atoms with van der Waals surface area (Å²) in [5.74, 6) is -0.475. The van der Waals surface area contributed by atoms with Gasteiger partial charge in [-0.05, 0) is 61.9 Å². The van der Waals surface area contributed by atoms with Crippen molar-refractivity contribution < 1.29 is 14.0 Å². The van der Waals surface area contributed by atoms with Gasteiger partial charge in [-0.15, -0.1) is 11.3 Å². The number of nitrogens with zero attached hydrogens (tertiary/aromatic N) is 4. The molecule has 0 radical (unpaired) electrons. The number of carbonyl (C=O) groups is 2. The van der Waals surface area contributed by atoms with Crippen molar-refractivity contribution in [3.05, 3.63) is 70.6 Å². The van der Waals surface area contributed by atoms with Gasteiger partial charge in [-0.1, -0.05) is 0 Å². The Hall–Kier alpha value is -3.59. The number of hydrogen-bond donors (Lipinski definition) is 1. The highest BCUT2D eigenvalue weighted by Crippen LogP contribution is 2.31. The highest BCUT2D eigenvalue weighted by Gasteiger charge is 2.21. The molecule has 2 amide bonds. The van der Waals surface area contributed by atoms with Crippen LogP contribution in [0.3, 0.4) is 0 Å². The molecular formula is C22H20FN5O2S. The van der Waals surface area contributed by atoms with Gasteiger partial charge in [0.25, 0.3) is 5.91 Å². The fourth-order valence-electron chi connectivity index (χ4n) is 3.17. The van der Waals surface area contributed by atoms with Crippen molar-refractivity contribution in [3.8, 4) is 5.69 Å². The fraction of sp³-hybridized carbons (Fsp3) is 0.182. The summed E-state index contributed by atoms with van der Waals surface area (Å²) in [6.07, 6.45) is 1.61. The minimum absolute atomic E-state index is 0.105. The van der Waals surface area contributed by atoms with Gasteiger partial charge in [0.05, 0.1) is 22.8 Å². The monoisotopic (exact) mass is 437 g/mol. The molecule has 4 aromatic rings. The van der Waals surface area contributed by atoms with Gasteiger partial charge in [0.15, 0.2) is 0 Å². The Balaban J connectivity index is 1.52. The molecule has 0 aliphatic rings. The van der Waals surface area contributed by atoms with E-state index >= 15 is 0 Å². The molecule has 9 heteroatoms. The largest absolute Gasteiger partial charge is 0.332 e. The van der Waals surface area contributed by atoms with Crippen LogP contribution in [0.15, 0.2) is 48.7 Å². The number of nitrogens with one attached hydrogen (secondary N) is 1. The van der Waals surface area contributed by atoms with Crippen LogP contribution in [0.5, 0.6) is 0 Å². The predicted octanol–water partition coefficient (Wildman–Crippen LogP) is 3.95. The lowest BCUT2D eigenvalue weighted by atomic mass is 10.3. The second kappa shape index (κ2) is 8.27. The van der Waals surface area contributed by atoms with Crippen LogP contribution in [0.4, 0.5) is 10.2 Å². The van der Waals surface area contributed by atoms with E-state index in [2.05, 4.69) is 15.4 Å². The zero-order valence-electron chi connectivity index (χ0n) is 17.2. The van der Waals surface area contributed by atoms with Gasteiger partial charge in [0.1, 0.15) is 16.5 Å². The molecule has 0 saturated heterocycles. The number of aromatic nitrogens is 3. The van der Waals surface area contributed by atoms with Crippen LogP contribution in [0.25, 0.3) is 15.9 Å². The highest BCUT2D eigenvalue weighted by molar-refractivity contribution is 7.20. The van der Waals surface area contributed by atoms with Crippen LogP contribution in [0.2, 0.25) is 0 Å². The SMILES string of the molecule is Cc1ccnc(NC(=O)CN(C)C(=O)c2cc3c(C)nn(-c4ccc(F)cc4)c3s2)c1. The number of aryl methyl sites for hydroxylation is 2. The van der Waals surface area contributed by atoms with E-state index in [-0.39, 0.29) is 24.2 Å². The van der Waals surface area contributed by atoms with E-state index in [1.165, 1.54) is 28.4 Å². The Morgan fingerprint density at radius 3 is 2.61 bits per heavy atom. The molecular weight excluding hydrogens is 417 g/mol. The van der Waals surface area contributed by atoms with Gasteiger partial charge >= 0.3 is 0 Å². The third-order valence-corrected chi connectivity index (χ3v) is 5.84. The highest BCUT2D eigenvalue weighted by atomic mass is 32.1. The van der Waals surface area contributed by atoms with E-state index in [9.17, 15) is 14.0 Å². The first kappa shape index (κ1) is 20.7. The Morgan fingerprint density at radius 2 is 1.90 bits per heavy atom. The quantitative estimate of drug-likeness (QED) is 0.513. The first-order valence-corrected chi connectivity index (χ1v) is 10.4. The van der Waals surface area contributed by atoms with Crippen molar-refractivity contribution in [1.29, 1.82) is 0 Å². The summed E-state index contributed by atoms with van der Waals surface area (Å²) < 4.78 is 15.0. The van der Waals surface area contributed by atoms with Crippen molar-refractivity contribution in [2.24, 2.45) is 0 Å². The molecule has 0 aliphatic heterocycles. The van der Waals surface area contributed by atoms with Gasteiger partial charge in [0.2, 0.25) is 5.91 Å². The summed E-state index contributed by atoms with van der Waals surface area (Å²) in [4.78, 5) is 32.0. The number of rotatable bonds is 5. The first-order chi connectivity index (χ1) is 14.8. The smallest absolute Gasteiger partial charge is 0.264 e. The Bertz CT molecular complexity index is 1280. The van der Waals surface area contributed by atoms with Crippen molar-refractivity contribution in [3.63, 3.8) is 0 Å². The minimum Gasteiger partial charge on any atom is -0.332 e. The maximum Gasteiger partial charge on any atom is 0.264 e. The number of thiophene rings is 1. The molecule has 3 heterocycles. The topological polar surface area (TPSA) is 80.1 Å². The lowest BCUT2D eigenvalue weighted by molar-refractivity contribution is -0.116. The fourth-order valence-corrected chi connectivity index (χ4v) is 4.35. The molecule has 0 bridgehead atoms. The average molecular weight is 438 g/mol. The third kappa shape index (κ3) is 4.31. The normalized spacial score (nSPS) is 11.0. The summed E-state index contributed by atoms with van der Waals surface area (Å²) in [5.41, 5.74) is 2.45. The Morgan fingerprint density at radius 1 is 1.16 bits per heavy atom. The van der Waals surface area contributed by atoms with Crippen LogP contribution in [0.1, 0.15) is 20.9 Å². The minimum atomic E-state index is -0.330. The molecule has 0 atom stereocenters. The van der Waals surface area contributed by atoms with E-state index < -0.39 is 0 Å². The number of carbonyl (C=O) groups excluding carboxylic acids is 2. The third-order valence-electron chi connectivity index (χ3n) is 4.74. The number of pyridine rings is 1. The van der Waals surface area contributed by atoms with E-state index in [1.54, 1.807) is 42.2 Å². The molecule has 1 aromatic carbocycles. The molecule has 0 spiro atoms. The van der Waals surface area contributed by atoms with Gasteiger partial charge in [0, 0.05) is 18.6 Å². The van der Waals surface area contributed by atoms with Crippen LogP contribution in [-0.4, -0.2) is 45.1 Å². The second-order valence-electron chi connectivity index (χ2n) is 7.23. The number of likely N-dealkylation sites (N-methyl/N-ethyl adjacent to an activating group) is 1. The predicted molar refractivity (Wildman–Crippen MR) is 118 cm³/mol. The molecule has 158 valence electrons. The van der Waals surface area contributed by atoms with Gasteiger partial charge in [-0.2, -0.15) is 5.10 Å². The number of hydrogen-bond acceptors (Lipinski definition) is 5. The van der Waals surface area contributed by atoms with E-state index in [4.69, 9.17) is 0 Å². The average Bonchev–Trinajstić information content (AvgIpc) is 3.28. The standard InChI is InChI=1S/C22H20FN5O2S/c1-13-8-9-24-19(10-13)25-20(29)12-27(3)21(30)18-11-17-14(2)26-28(22(17)31-18)16-6-4-15(23)5-7-16/h4-11H,12H2,1-3H3,(H,24,25,29). The van der Waals surface area contributed by atoms with Crippen molar-refractivity contribution in [2.75, 3.05) is 18.9 Å². The van der Waals surface area contributed by atoms with Gasteiger partial charge < -0.3 is 10.2 Å². The Labute approximate surface area is 182 Å². The second-order valence-corrected chi connectivity index (χ2v) is 8.26. The summed E-state index contributed by atoms with van der Waals surface area (Å²) in [5, 5.41) is 8.05. The lowest BCUT2D eigenvalue weighted by Gasteiger charge is -2.15. The number of benzene rings is 1. The van der Waals surface area contributed by atoms with Crippen molar-refractivity contribution in [1.82, 2.24) is 19.7 Å². The number of fused-ring (bicyclic) bond motifs is 1. The summed E-state index contributed by atoms with van der Waals surface area (Å²) in [6.45, 7) is 3.66. The molecule has 3 aromatic heterocycles. The Kier molecular flexibility index (Phi) is 5.51. The summed E-state index contributed by atoms with van der Waals surface area (Å²) in [7, 11) is 1.58. The molecule has 1 N–H and O–H groups in total. The van der Waals surface area contributed by atoms with Crippen LogP contribution in [-0.2, 0) is 4.79 Å². The summed E-state index contributed by atoms with van der Waals surface area (Å²) >= 11 is 1.28. The van der Waals surface area contributed by atoms with E-state index in [0.29, 0.717) is 16.4 Å². The van der Waals surface area contributed by atoms with Crippen molar-refractivity contribution in [2.45, 2.75) is 13.8 Å². The molecule has 0 saturated carbocycles. The number of anilines is 1. The lowest BCUT2D eigenvalue weighted by Crippen LogP contribution is -2.34. The zero-order valence-corrected chi connectivity index (χ0v) is 18.0. The first-order valence-electron chi connectivity index (χ1n) is 9.55. The van der Waals surface area contributed by atoms with E-state index in [0.717, 1.165) is 21.5 Å². The van der Waals surface area contributed by atoms with E-state index in [1.807, 2.05) is 19.9 Å². The molecule has 31 heavy (non-hydrogen) atoms. The van der Waals surface area contributed by atoms with Gasteiger partial charge in [-0.25, -0.2) is 14.1 Å². The van der Waals surface area contributed by atoms with Crippen LogP contribution in [0, 0.1) is 19.7 Å². The van der Waals surface area contributed by atoms with Gasteiger partial charge in [-0.3, -0.25) is 9.59 Å². The number of amides is 2. The zero-order chi connectivity index (χ0) is 22.1. The molecule has 4 rings (SSSR count). The molecule has 0 fully saturated rings. The summed E-state index contributed by atoms with van der Waals surface area (Å²) in [6, 6.07) is 11.4. The maximum absolute atomic E-state index is 13.3. The number of halogens is 1.